The van der Waals surface area contributed by atoms with Crippen LogP contribution in [-0.2, 0) is 4.74 Å². The van der Waals surface area contributed by atoms with Gasteiger partial charge in [-0.05, 0) is 31.5 Å². The van der Waals surface area contributed by atoms with Crippen LogP contribution >= 0.6 is 0 Å². The molecule has 0 radical (unpaired) electrons. The number of benzene rings is 1. The van der Waals surface area contributed by atoms with Gasteiger partial charge < -0.3 is 24.8 Å². The summed E-state index contributed by atoms with van der Waals surface area (Å²) in [7, 11) is 0. The summed E-state index contributed by atoms with van der Waals surface area (Å²) in [6.45, 7) is 4.19. The summed E-state index contributed by atoms with van der Waals surface area (Å²) in [6.07, 6.45) is 1.68. The van der Waals surface area contributed by atoms with Crippen LogP contribution in [0.25, 0.3) is 0 Å². The van der Waals surface area contributed by atoms with Gasteiger partial charge in [0.1, 0.15) is 18.8 Å². The lowest BCUT2D eigenvalue weighted by Crippen LogP contribution is -2.51. The van der Waals surface area contributed by atoms with E-state index < -0.39 is 0 Å². The molecule has 2 N–H and O–H groups in total. The van der Waals surface area contributed by atoms with E-state index in [9.17, 15) is 4.79 Å². The minimum absolute atomic E-state index is 0.0102. The number of para-hydroxylation sites is 2. The van der Waals surface area contributed by atoms with E-state index in [2.05, 4.69) is 4.90 Å². The highest BCUT2D eigenvalue weighted by molar-refractivity contribution is 5.70. The molecule has 1 aromatic rings. The van der Waals surface area contributed by atoms with Crippen molar-refractivity contribution in [3.8, 4) is 11.5 Å². The largest absolute Gasteiger partial charge is 0.486 e. The molecule has 1 aromatic carbocycles. The maximum Gasteiger partial charge on any atom is 0.410 e. The SMILES string of the molecule is NCC1CN(C2CCCN(CC3COc4ccccc4O3)C2)C(=O)O1. The van der Waals surface area contributed by atoms with Gasteiger partial charge >= 0.3 is 6.09 Å². The second-order valence-electron chi connectivity index (χ2n) is 6.95. The van der Waals surface area contributed by atoms with Crippen LogP contribution in [0.2, 0.25) is 0 Å². The van der Waals surface area contributed by atoms with E-state index in [1.165, 1.54) is 0 Å². The zero-order valence-corrected chi connectivity index (χ0v) is 14.3. The summed E-state index contributed by atoms with van der Waals surface area (Å²) in [6, 6.07) is 7.95. The van der Waals surface area contributed by atoms with Crippen molar-refractivity contribution in [2.75, 3.05) is 39.3 Å². The normalized spacial score (nSPS) is 29.6. The Balaban J connectivity index is 1.34. The van der Waals surface area contributed by atoms with Gasteiger partial charge in [0.15, 0.2) is 11.5 Å². The van der Waals surface area contributed by atoms with Crippen molar-refractivity contribution < 1.29 is 19.0 Å². The number of amides is 1. The maximum atomic E-state index is 12.1. The third-order valence-corrected chi connectivity index (χ3v) is 5.12. The lowest BCUT2D eigenvalue weighted by Gasteiger charge is -2.38. The van der Waals surface area contributed by atoms with Gasteiger partial charge in [0.2, 0.25) is 0 Å². The Bertz CT molecular complexity index is 626. The highest BCUT2D eigenvalue weighted by Gasteiger charge is 2.37. The number of rotatable bonds is 4. The van der Waals surface area contributed by atoms with E-state index >= 15 is 0 Å². The van der Waals surface area contributed by atoms with Crippen LogP contribution in [0.15, 0.2) is 24.3 Å². The molecule has 7 nitrogen and oxygen atoms in total. The van der Waals surface area contributed by atoms with Crippen LogP contribution in [0.5, 0.6) is 11.5 Å². The smallest absolute Gasteiger partial charge is 0.410 e. The molecule has 0 spiro atoms. The average Bonchev–Trinajstić information content (AvgIpc) is 3.03. The molecule has 0 saturated carbocycles. The molecule has 0 bridgehead atoms. The first kappa shape index (κ1) is 16.5. The highest BCUT2D eigenvalue weighted by atomic mass is 16.6. The quantitative estimate of drug-likeness (QED) is 0.878. The summed E-state index contributed by atoms with van der Waals surface area (Å²) in [5.74, 6) is 1.61. The van der Waals surface area contributed by atoms with Crippen molar-refractivity contribution in [1.29, 1.82) is 0 Å². The number of hydrogen-bond acceptors (Lipinski definition) is 6. The van der Waals surface area contributed by atoms with Gasteiger partial charge in [0, 0.05) is 25.7 Å². The fourth-order valence-corrected chi connectivity index (χ4v) is 3.85. The Morgan fingerprint density at radius 3 is 2.76 bits per heavy atom. The number of nitrogens with two attached hydrogens (primary N) is 1. The number of nitrogens with zero attached hydrogens (tertiary/aromatic N) is 2. The molecular weight excluding hydrogens is 322 g/mol. The topological polar surface area (TPSA) is 77.3 Å². The molecular formula is C18H25N3O4. The Labute approximate surface area is 147 Å². The number of likely N-dealkylation sites (tertiary alicyclic amines) is 1. The molecule has 3 heterocycles. The maximum absolute atomic E-state index is 12.1. The van der Waals surface area contributed by atoms with Crippen LogP contribution in [-0.4, -0.2) is 73.5 Å². The molecule has 3 unspecified atom stereocenters. The van der Waals surface area contributed by atoms with E-state index in [1.807, 2.05) is 29.2 Å². The van der Waals surface area contributed by atoms with Gasteiger partial charge in [0.25, 0.3) is 0 Å². The number of carbonyl (C=O) groups excluding carboxylic acids is 1. The summed E-state index contributed by atoms with van der Waals surface area (Å²) in [5, 5.41) is 0. The molecule has 25 heavy (non-hydrogen) atoms. The first-order valence-electron chi connectivity index (χ1n) is 9.01. The Kier molecular flexibility index (Phi) is 4.67. The Morgan fingerprint density at radius 2 is 1.96 bits per heavy atom. The predicted molar refractivity (Wildman–Crippen MR) is 91.8 cm³/mol. The number of fused-ring (bicyclic) bond motifs is 1. The Morgan fingerprint density at radius 1 is 1.12 bits per heavy atom. The molecule has 3 aliphatic rings. The number of ether oxygens (including phenoxy) is 3. The van der Waals surface area contributed by atoms with Crippen LogP contribution in [0.1, 0.15) is 12.8 Å². The fraction of sp³-hybridized carbons (Fsp3) is 0.611. The molecule has 0 aromatic heterocycles. The minimum Gasteiger partial charge on any atom is -0.486 e. The summed E-state index contributed by atoms with van der Waals surface area (Å²) >= 11 is 0. The third-order valence-electron chi connectivity index (χ3n) is 5.12. The molecule has 3 atom stereocenters. The van der Waals surface area contributed by atoms with Gasteiger partial charge in [-0.15, -0.1) is 0 Å². The zero-order chi connectivity index (χ0) is 17.2. The molecule has 136 valence electrons. The van der Waals surface area contributed by atoms with Crippen molar-refractivity contribution in [1.82, 2.24) is 9.80 Å². The van der Waals surface area contributed by atoms with Crippen molar-refractivity contribution in [3.63, 3.8) is 0 Å². The standard InChI is InChI=1S/C18H25N3O4/c19-8-14-11-21(18(22)25-14)13-4-3-7-20(9-13)10-15-12-23-16-5-1-2-6-17(16)24-15/h1-2,5-6,13-15H,3-4,7-12,19H2. The molecule has 2 saturated heterocycles. The summed E-state index contributed by atoms with van der Waals surface area (Å²) < 4.78 is 17.2. The number of cyclic esters (lactones) is 1. The predicted octanol–water partition coefficient (Wildman–Crippen LogP) is 1.07. The van der Waals surface area contributed by atoms with Crippen LogP contribution in [0, 0.1) is 0 Å². The van der Waals surface area contributed by atoms with E-state index in [-0.39, 0.29) is 24.3 Å². The third kappa shape index (κ3) is 3.52. The first-order valence-corrected chi connectivity index (χ1v) is 9.01. The molecule has 2 fully saturated rings. The van der Waals surface area contributed by atoms with Gasteiger partial charge in [-0.3, -0.25) is 4.90 Å². The van der Waals surface area contributed by atoms with Gasteiger partial charge in [-0.1, -0.05) is 12.1 Å². The minimum atomic E-state index is -0.228. The lowest BCUT2D eigenvalue weighted by atomic mass is 10.0. The van der Waals surface area contributed by atoms with Gasteiger partial charge in [-0.2, -0.15) is 0 Å². The highest BCUT2D eigenvalue weighted by Crippen LogP contribution is 2.31. The first-order chi connectivity index (χ1) is 12.2. The molecule has 0 aliphatic carbocycles. The van der Waals surface area contributed by atoms with E-state index in [4.69, 9.17) is 19.9 Å². The van der Waals surface area contributed by atoms with Crippen molar-refractivity contribution in [2.24, 2.45) is 5.73 Å². The van der Waals surface area contributed by atoms with Crippen molar-refractivity contribution in [3.05, 3.63) is 24.3 Å². The van der Waals surface area contributed by atoms with Crippen molar-refractivity contribution in [2.45, 2.75) is 31.1 Å². The molecule has 4 rings (SSSR count). The van der Waals surface area contributed by atoms with Crippen LogP contribution in [0.3, 0.4) is 0 Å². The van der Waals surface area contributed by atoms with Crippen LogP contribution in [0.4, 0.5) is 4.79 Å². The van der Waals surface area contributed by atoms with Crippen LogP contribution < -0.4 is 15.2 Å². The van der Waals surface area contributed by atoms with Gasteiger partial charge in [-0.25, -0.2) is 4.79 Å². The van der Waals surface area contributed by atoms with E-state index in [0.29, 0.717) is 19.7 Å². The number of piperidine rings is 1. The summed E-state index contributed by atoms with van der Waals surface area (Å²) in [4.78, 5) is 16.3. The fourth-order valence-electron chi connectivity index (χ4n) is 3.85. The van der Waals surface area contributed by atoms with Gasteiger partial charge in [0.05, 0.1) is 6.54 Å². The molecule has 7 heteroatoms. The number of hydrogen-bond donors (Lipinski definition) is 1. The molecule has 1 amide bonds. The van der Waals surface area contributed by atoms with E-state index in [0.717, 1.165) is 44.0 Å². The molecule has 3 aliphatic heterocycles. The summed E-state index contributed by atoms with van der Waals surface area (Å²) in [5.41, 5.74) is 5.63. The monoisotopic (exact) mass is 347 g/mol. The lowest BCUT2D eigenvalue weighted by molar-refractivity contribution is 0.0394. The second kappa shape index (κ2) is 7.09. The zero-order valence-electron chi connectivity index (χ0n) is 14.3. The van der Waals surface area contributed by atoms with Crippen molar-refractivity contribution >= 4 is 6.09 Å². The number of carbonyl (C=O) groups is 1. The average molecular weight is 347 g/mol. The Hall–Kier alpha value is -1.99. The second-order valence-corrected chi connectivity index (χ2v) is 6.95. The van der Waals surface area contributed by atoms with E-state index in [1.54, 1.807) is 0 Å².